The van der Waals surface area contributed by atoms with Crippen LogP contribution >= 0.6 is 0 Å². The molecule has 0 spiro atoms. The molecule has 0 aliphatic carbocycles. The predicted molar refractivity (Wildman–Crippen MR) is 161 cm³/mol. The molecule has 3 heterocycles. The van der Waals surface area contributed by atoms with Crippen molar-refractivity contribution in [3.05, 3.63) is 65.4 Å². The maximum Gasteiger partial charge on any atom is 0.337 e. The van der Waals surface area contributed by atoms with Gasteiger partial charge in [-0.25, -0.2) is 14.2 Å². The van der Waals surface area contributed by atoms with Crippen LogP contribution in [0.1, 0.15) is 70.4 Å². The maximum absolute atomic E-state index is 13.8. The van der Waals surface area contributed by atoms with Crippen LogP contribution in [0.4, 0.5) is 10.1 Å². The summed E-state index contributed by atoms with van der Waals surface area (Å²) in [6.07, 6.45) is 4.27. The van der Waals surface area contributed by atoms with E-state index in [1.165, 1.54) is 6.07 Å². The Bertz CT molecular complexity index is 1390. The molecule has 1 aliphatic rings. The van der Waals surface area contributed by atoms with Crippen molar-refractivity contribution in [2.45, 2.75) is 73.0 Å². The molecule has 1 aromatic carbocycles. The number of carboxylic acids is 1. The van der Waals surface area contributed by atoms with Crippen LogP contribution in [0.5, 0.6) is 11.6 Å². The van der Waals surface area contributed by atoms with Crippen molar-refractivity contribution in [2.24, 2.45) is 5.41 Å². The number of carbonyl (C=O) groups is 1. The van der Waals surface area contributed by atoms with Gasteiger partial charge in [0.1, 0.15) is 24.8 Å². The minimum absolute atomic E-state index is 0.213. The second-order valence-electron chi connectivity index (χ2n) is 12.6. The van der Waals surface area contributed by atoms with E-state index in [0.29, 0.717) is 28.5 Å². The molecule has 1 aliphatic heterocycles. The summed E-state index contributed by atoms with van der Waals surface area (Å²) in [5.74, 6) is -0.510. The van der Waals surface area contributed by atoms with E-state index in [1.807, 2.05) is 33.8 Å². The fourth-order valence-electron chi connectivity index (χ4n) is 4.99. The largest absolute Gasteiger partial charge is 0.490 e. The van der Waals surface area contributed by atoms with Gasteiger partial charge in [0.25, 0.3) is 0 Å². The average molecular weight is 580 g/mol. The molecule has 2 aromatic heterocycles. The summed E-state index contributed by atoms with van der Waals surface area (Å²) in [6, 6.07) is 8.41. The zero-order chi connectivity index (χ0) is 30.7. The first-order valence-corrected chi connectivity index (χ1v) is 14.4. The SMILES string of the molecule is Cc1ccc(OCCOc2ccc(-c3cnc(C)c([C@H](OC(C)(C)C)C(=O)O)c3N3CCC(C)(C)CC3)cn2)cc1F. The Morgan fingerprint density at radius 2 is 1.74 bits per heavy atom. The third kappa shape index (κ3) is 7.76. The highest BCUT2D eigenvalue weighted by Gasteiger charge is 2.35. The van der Waals surface area contributed by atoms with Crippen LogP contribution in [0.25, 0.3) is 11.1 Å². The van der Waals surface area contributed by atoms with Gasteiger partial charge in [-0.1, -0.05) is 19.9 Å². The zero-order valence-electron chi connectivity index (χ0n) is 25.7. The van der Waals surface area contributed by atoms with Crippen molar-refractivity contribution >= 4 is 11.7 Å². The van der Waals surface area contributed by atoms with Crippen LogP contribution in [0, 0.1) is 25.1 Å². The van der Waals surface area contributed by atoms with Gasteiger partial charge in [0.15, 0.2) is 6.10 Å². The van der Waals surface area contributed by atoms with Crippen LogP contribution in [-0.4, -0.2) is 52.9 Å². The summed E-state index contributed by atoms with van der Waals surface area (Å²) >= 11 is 0. The number of hydrogen-bond donors (Lipinski definition) is 1. The summed E-state index contributed by atoms with van der Waals surface area (Å²) in [5, 5.41) is 10.3. The van der Waals surface area contributed by atoms with Crippen LogP contribution in [-0.2, 0) is 9.53 Å². The minimum atomic E-state index is -1.18. The Balaban J connectivity index is 1.60. The van der Waals surface area contributed by atoms with Crippen LogP contribution in [0.2, 0.25) is 0 Å². The van der Waals surface area contributed by atoms with Gasteiger partial charge in [0.2, 0.25) is 5.88 Å². The van der Waals surface area contributed by atoms with E-state index in [-0.39, 0.29) is 24.4 Å². The van der Waals surface area contributed by atoms with Gasteiger partial charge in [0.05, 0.1) is 11.3 Å². The van der Waals surface area contributed by atoms with Crippen LogP contribution < -0.4 is 14.4 Å². The Morgan fingerprint density at radius 1 is 1.05 bits per heavy atom. The summed E-state index contributed by atoms with van der Waals surface area (Å²) in [6.45, 7) is 15.7. The molecule has 0 amide bonds. The van der Waals surface area contributed by atoms with E-state index < -0.39 is 17.7 Å². The Labute approximate surface area is 247 Å². The van der Waals surface area contributed by atoms with Gasteiger partial charge in [-0.15, -0.1) is 0 Å². The second-order valence-corrected chi connectivity index (χ2v) is 12.6. The number of benzene rings is 1. The van der Waals surface area contributed by atoms with Crippen LogP contribution in [0.3, 0.4) is 0 Å². The highest BCUT2D eigenvalue weighted by atomic mass is 19.1. The molecule has 0 saturated carbocycles. The average Bonchev–Trinajstić information content (AvgIpc) is 2.92. The number of piperidine rings is 1. The van der Waals surface area contributed by atoms with E-state index in [9.17, 15) is 14.3 Å². The number of halogens is 1. The van der Waals surface area contributed by atoms with Gasteiger partial charge in [-0.2, -0.15) is 0 Å². The van der Waals surface area contributed by atoms with Gasteiger partial charge in [0, 0.05) is 60.0 Å². The number of aryl methyl sites for hydroxylation is 2. The van der Waals surface area contributed by atoms with E-state index in [0.717, 1.165) is 42.7 Å². The third-order valence-electron chi connectivity index (χ3n) is 7.47. The van der Waals surface area contributed by atoms with E-state index in [4.69, 9.17) is 14.2 Å². The van der Waals surface area contributed by atoms with Crippen molar-refractivity contribution in [1.82, 2.24) is 9.97 Å². The lowest BCUT2D eigenvalue weighted by atomic mass is 9.82. The van der Waals surface area contributed by atoms with Crippen molar-refractivity contribution in [3.63, 3.8) is 0 Å². The normalized spacial score (nSPS) is 15.8. The molecule has 1 fully saturated rings. The smallest absolute Gasteiger partial charge is 0.337 e. The van der Waals surface area contributed by atoms with Gasteiger partial charge < -0.3 is 24.2 Å². The Hall–Kier alpha value is -3.72. The number of aromatic nitrogens is 2. The maximum atomic E-state index is 13.8. The molecule has 42 heavy (non-hydrogen) atoms. The number of aliphatic carboxylic acids is 1. The van der Waals surface area contributed by atoms with E-state index in [2.05, 4.69) is 28.7 Å². The molecule has 0 unspecified atom stereocenters. The molecular formula is C33H42FN3O5. The summed E-state index contributed by atoms with van der Waals surface area (Å²) < 4.78 is 31.2. The molecule has 3 aromatic rings. The van der Waals surface area contributed by atoms with E-state index in [1.54, 1.807) is 37.5 Å². The number of nitrogens with zero attached hydrogens (tertiary/aromatic N) is 3. The molecule has 8 nitrogen and oxygen atoms in total. The van der Waals surface area contributed by atoms with Gasteiger partial charge in [-0.3, -0.25) is 4.98 Å². The van der Waals surface area contributed by atoms with Gasteiger partial charge >= 0.3 is 5.97 Å². The minimum Gasteiger partial charge on any atom is -0.490 e. The summed E-state index contributed by atoms with van der Waals surface area (Å²) in [4.78, 5) is 24.0. The lowest BCUT2D eigenvalue weighted by Crippen LogP contribution is -2.39. The zero-order valence-corrected chi connectivity index (χ0v) is 25.7. The first kappa shape index (κ1) is 31.2. The highest BCUT2D eigenvalue weighted by molar-refractivity contribution is 5.86. The number of ether oxygens (including phenoxy) is 3. The molecule has 4 rings (SSSR count). The van der Waals surface area contributed by atoms with E-state index >= 15 is 0 Å². The second kappa shape index (κ2) is 12.7. The number of rotatable bonds is 10. The fraction of sp³-hybridized carbons (Fsp3) is 0.485. The number of hydrogen-bond acceptors (Lipinski definition) is 7. The topological polar surface area (TPSA) is 94.0 Å². The lowest BCUT2D eigenvalue weighted by molar-refractivity contribution is -0.160. The van der Waals surface area contributed by atoms with Crippen molar-refractivity contribution < 1.29 is 28.5 Å². The molecular weight excluding hydrogens is 537 g/mol. The monoisotopic (exact) mass is 579 g/mol. The first-order valence-electron chi connectivity index (χ1n) is 14.4. The fourth-order valence-corrected chi connectivity index (χ4v) is 4.99. The quantitative estimate of drug-likeness (QED) is 0.259. The number of carboxylic acid groups (broad SMARTS) is 1. The van der Waals surface area contributed by atoms with Crippen LogP contribution in [0.15, 0.2) is 42.7 Å². The summed E-state index contributed by atoms with van der Waals surface area (Å²) in [5.41, 5.74) is 3.70. The number of anilines is 1. The van der Waals surface area contributed by atoms with Gasteiger partial charge in [-0.05, 0) is 70.6 Å². The first-order chi connectivity index (χ1) is 19.7. The lowest BCUT2D eigenvalue weighted by Gasteiger charge is -2.40. The molecule has 1 saturated heterocycles. The van der Waals surface area contributed by atoms with Crippen molar-refractivity contribution in [3.8, 4) is 22.8 Å². The Kier molecular flexibility index (Phi) is 9.40. The van der Waals surface area contributed by atoms with Crippen molar-refractivity contribution in [1.29, 1.82) is 0 Å². The standard InChI is InChI=1S/C33H42FN3O5/c1-21-8-10-24(18-26(21)34)40-16-17-41-27-11-9-23(19-36-27)25-20-35-22(2)28(30(31(38)39)42-32(3,4)5)29(25)37-14-12-33(6,7)13-15-37/h8-11,18-20,30H,12-17H2,1-7H3,(H,38,39)/t30-/m0/s1. The molecule has 0 radical (unpaired) electrons. The molecule has 1 atom stereocenters. The van der Waals surface area contributed by atoms with Crippen molar-refractivity contribution in [2.75, 3.05) is 31.2 Å². The third-order valence-corrected chi connectivity index (χ3v) is 7.47. The highest BCUT2D eigenvalue weighted by Crippen LogP contribution is 2.43. The number of pyridine rings is 2. The molecule has 0 bridgehead atoms. The predicted octanol–water partition coefficient (Wildman–Crippen LogP) is 6.92. The molecule has 9 heteroatoms. The molecule has 1 N–H and O–H groups in total. The Morgan fingerprint density at radius 3 is 2.33 bits per heavy atom. The summed E-state index contributed by atoms with van der Waals surface area (Å²) in [7, 11) is 0. The molecule has 226 valence electrons.